The van der Waals surface area contributed by atoms with Gasteiger partial charge in [0.2, 0.25) is 0 Å². The van der Waals surface area contributed by atoms with Crippen molar-refractivity contribution in [2.45, 2.75) is 50.3 Å². The summed E-state index contributed by atoms with van der Waals surface area (Å²) in [5.74, 6) is -1.55. The molecule has 0 spiro atoms. The van der Waals surface area contributed by atoms with E-state index in [0.29, 0.717) is 12.8 Å². The summed E-state index contributed by atoms with van der Waals surface area (Å²) in [6, 6.07) is 0. The molecule has 1 aliphatic rings. The van der Waals surface area contributed by atoms with Gasteiger partial charge in [-0.3, -0.25) is 0 Å². The number of aliphatic hydroxyl groups is 1. The maximum absolute atomic E-state index is 12.6. The van der Waals surface area contributed by atoms with Crippen molar-refractivity contribution in [1.82, 2.24) is 0 Å². The number of halogens is 3. The molecule has 108 valence electrons. The molecule has 0 aromatic rings. The lowest BCUT2D eigenvalue weighted by molar-refractivity contribution is -0.201. The van der Waals surface area contributed by atoms with Crippen molar-refractivity contribution in [3.8, 4) is 0 Å². The van der Waals surface area contributed by atoms with E-state index >= 15 is 0 Å². The Morgan fingerprint density at radius 1 is 1.39 bits per heavy atom. The lowest BCUT2D eigenvalue weighted by Crippen LogP contribution is -2.40. The topological polar surface area (TPSA) is 54.4 Å². The number of sulfone groups is 1. The predicted octanol–water partition coefficient (Wildman–Crippen LogP) is 2.29. The van der Waals surface area contributed by atoms with Crippen molar-refractivity contribution in [2.24, 2.45) is 5.92 Å². The minimum atomic E-state index is -4.27. The van der Waals surface area contributed by atoms with Gasteiger partial charge in [-0.25, -0.2) is 8.42 Å². The van der Waals surface area contributed by atoms with Gasteiger partial charge in [0, 0.05) is 12.0 Å². The van der Waals surface area contributed by atoms with Crippen LogP contribution >= 0.6 is 0 Å². The number of hydrogen-bond donors (Lipinski definition) is 1. The predicted molar refractivity (Wildman–Crippen MR) is 61.9 cm³/mol. The van der Waals surface area contributed by atoms with Gasteiger partial charge in [-0.15, -0.1) is 0 Å². The highest BCUT2D eigenvalue weighted by molar-refractivity contribution is 7.90. The van der Waals surface area contributed by atoms with Crippen molar-refractivity contribution >= 4 is 9.84 Å². The van der Waals surface area contributed by atoms with E-state index in [-0.39, 0.29) is 31.4 Å². The van der Waals surface area contributed by atoms with E-state index in [4.69, 9.17) is 0 Å². The normalized spacial score (nSPS) is 30.4. The van der Waals surface area contributed by atoms with E-state index in [2.05, 4.69) is 0 Å². The maximum Gasteiger partial charge on any atom is 0.391 e. The van der Waals surface area contributed by atoms with E-state index in [1.165, 1.54) is 0 Å². The Kier molecular flexibility index (Phi) is 4.70. The van der Waals surface area contributed by atoms with E-state index in [1.807, 2.05) is 0 Å². The smallest absolute Gasteiger partial charge is 0.390 e. The van der Waals surface area contributed by atoms with Crippen LogP contribution in [0.5, 0.6) is 0 Å². The first-order valence-corrected chi connectivity index (χ1v) is 8.05. The molecule has 0 amide bonds. The van der Waals surface area contributed by atoms with Gasteiger partial charge in [-0.2, -0.15) is 13.2 Å². The monoisotopic (exact) mass is 288 g/mol. The van der Waals surface area contributed by atoms with Crippen molar-refractivity contribution in [3.63, 3.8) is 0 Å². The van der Waals surface area contributed by atoms with Crippen LogP contribution in [0.25, 0.3) is 0 Å². The van der Waals surface area contributed by atoms with Gasteiger partial charge in [0.05, 0.1) is 11.5 Å². The molecule has 1 aliphatic carbocycles. The first-order valence-electron chi connectivity index (χ1n) is 5.99. The van der Waals surface area contributed by atoms with Gasteiger partial charge >= 0.3 is 6.18 Å². The van der Waals surface area contributed by atoms with Crippen LogP contribution in [0, 0.1) is 5.92 Å². The number of rotatable bonds is 4. The second kappa shape index (κ2) is 5.36. The molecule has 2 atom stereocenters. The molecule has 1 fully saturated rings. The largest absolute Gasteiger partial charge is 0.391 e. The fourth-order valence-electron chi connectivity index (χ4n) is 2.51. The third kappa shape index (κ3) is 5.14. The molecule has 7 heteroatoms. The van der Waals surface area contributed by atoms with Gasteiger partial charge < -0.3 is 5.11 Å². The number of alkyl halides is 3. The Labute approximate surface area is 105 Å². The van der Waals surface area contributed by atoms with E-state index in [0.717, 1.165) is 6.26 Å². The highest BCUT2D eigenvalue weighted by Gasteiger charge is 2.46. The second-order valence-electron chi connectivity index (χ2n) is 5.29. The summed E-state index contributed by atoms with van der Waals surface area (Å²) in [6.45, 7) is 0. The average molecular weight is 288 g/mol. The molecule has 18 heavy (non-hydrogen) atoms. The lowest BCUT2D eigenvalue weighted by atomic mass is 9.75. The van der Waals surface area contributed by atoms with Gasteiger partial charge in [0.1, 0.15) is 9.84 Å². The first kappa shape index (κ1) is 15.8. The Hall–Kier alpha value is -0.300. The van der Waals surface area contributed by atoms with Crippen molar-refractivity contribution in [1.29, 1.82) is 0 Å². The van der Waals surface area contributed by atoms with Crippen molar-refractivity contribution in [2.75, 3.05) is 12.0 Å². The summed E-state index contributed by atoms with van der Waals surface area (Å²) in [7, 11) is -3.13. The Morgan fingerprint density at radius 3 is 2.50 bits per heavy atom. The summed E-state index contributed by atoms with van der Waals surface area (Å²) in [5.41, 5.74) is -1.36. The number of hydrogen-bond acceptors (Lipinski definition) is 3. The molecule has 1 saturated carbocycles. The molecule has 0 heterocycles. The van der Waals surface area contributed by atoms with E-state index < -0.39 is 27.5 Å². The molecule has 0 saturated heterocycles. The summed E-state index contributed by atoms with van der Waals surface area (Å²) >= 11 is 0. The zero-order chi connectivity index (χ0) is 14.0. The van der Waals surface area contributed by atoms with Crippen LogP contribution in [-0.4, -0.2) is 37.3 Å². The molecule has 0 bridgehead atoms. The van der Waals surface area contributed by atoms with Crippen LogP contribution in [0.2, 0.25) is 0 Å². The molecule has 3 nitrogen and oxygen atoms in total. The molecule has 0 aromatic heterocycles. The molecule has 0 aliphatic heterocycles. The molecular weight excluding hydrogens is 269 g/mol. The summed E-state index contributed by atoms with van der Waals surface area (Å²) < 4.78 is 59.6. The summed E-state index contributed by atoms with van der Waals surface area (Å²) in [5, 5.41) is 10.1. The third-order valence-electron chi connectivity index (χ3n) is 3.44. The van der Waals surface area contributed by atoms with Crippen molar-refractivity contribution in [3.05, 3.63) is 0 Å². The molecule has 1 rings (SSSR count). The Bertz CT molecular complexity index is 377. The van der Waals surface area contributed by atoms with Crippen LogP contribution in [0.1, 0.15) is 38.5 Å². The van der Waals surface area contributed by atoms with Crippen molar-refractivity contribution < 1.29 is 26.7 Å². The second-order valence-corrected chi connectivity index (χ2v) is 7.55. The lowest BCUT2D eigenvalue weighted by Gasteiger charge is -2.37. The van der Waals surface area contributed by atoms with Crippen LogP contribution in [0.4, 0.5) is 13.2 Å². The van der Waals surface area contributed by atoms with Gasteiger partial charge in [0.25, 0.3) is 0 Å². The minimum Gasteiger partial charge on any atom is -0.390 e. The van der Waals surface area contributed by atoms with E-state index in [9.17, 15) is 26.7 Å². The fraction of sp³-hybridized carbons (Fsp3) is 1.00. The van der Waals surface area contributed by atoms with Crippen LogP contribution < -0.4 is 0 Å². The zero-order valence-corrected chi connectivity index (χ0v) is 11.1. The third-order valence-corrected chi connectivity index (χ3v) is 4.47. The molecule has 0 aromatic carbocycles. The van der Waals surface area contributed by atoms with Gasteiger partial charge in [-0.05, 0) is 38.5 Å². The van der Waals surface area contributed by atoms with Crippen LogP contribution in [0.15, 0.2) is 0 Å². The fourth-order valence-corrected chi connectivity index (χ4v) is 3.18. The Balaban J connectivity index is 2.53. The zero-order valence-electron chi connectivity index (χ0n) is 10.3. The highest BCUT2D eigenvalue weighted by Crippen LogP contribution is 2.43. The maximum atomic E-state index is 12.6. The summed E-state index contributed by atoms with van der Waals surface area (Å²) in [4.78, 5) is 0. The summed E-state index contributed by atoms with van der Waals surface area (Å²) in [6.07, 6.45) is -2.46. The van der Waals surface area contributed by atoms with Gasteiger partial charge in [-0.1, -0.05) is 0 Å². The molecule has 2 unspecified atom stereocenters. The molecular formula is C11H19F3O3S. The van der Waals surface area contributed by atoms with Crippen LogP contribution in [-0.2, 0) is 9.84 Å². The average Bonchev–Trinajstić information content (AvgIpc) is 2.13. The highest BCUT2D eigenvalue weighted by atomic mass is 32.2. The Morgan fingerprint density at radius 2 is 2.00 bits per heavy atom. The SMILES string of the molecule is CS(=O)(=O)CCCC1(O)CCCC(C(F)(F)F)C1. The van der Waals surface area contributed by atoms with Crippen LogP contribution in [0.3, 0.4) is 0 Å². The minimum absolute atomic E-state index is 0.0535. The molecule has 0 radical (unpaired) electrons. The quantitative estimate of drug-likeness (QED) is 0.863. The standard InChI is InChI=1S/C11H19F3O3S/c1-18(16,17)7-3-6-10(15)5-2-4-9(8-10)11(12,13)14/h9,15H,2-8H2,1H3. The molecule has 1 N–H and O–H groups in total. The van der Waals surface area contributed by atoms with Gasteiger partial charge in [0.15, 0.2) is 0 Å². The first-order chi connectivity index (χ1) is 8.02. The van der Waals surface area contributed by atoms with E-state index in [1.54, 1.807) is 0 Å².